The molecule has 0 bridgehead atoms. The lowest BCUT2D eigenvalue weighted by atomic mass is 10.1. The molecule has 1 fully saturated rings. The van der Waals surface area contributed by atoms with E-state index >= 15 is 0 Å². The predicted molar refractivity (Wildman–Crippen MR) is 113 cm³/mol. The number of rotatable bonds is 5. The van der Waals surface area contributed by atoms with E-state index < -0.39 is 34.1 Å². The number of alkyl halides is 3. The lowest BCUT2D eigenvalue weighted by Crippen LogP contribution is -2.29. The number of nitrogens with zero attached hydrogens (tertiary/aromatic N) is 5. The second-order valence-electron chi connectivity index (χ2n) is 7.48. The Kier molecular flexibility index (Phi) is 5.99. The first kappa shape index (κ1) is 22.2. The van der Waals surface area contributed by atoms with E-state index in [9.17, 15) is 28.1 Å². The zero-order valence-corrected chi connectivity index (χ0v) is 17.2. The van der Waals surface area contributed by atoms with Crippen LogP contribution in [0.25, 0.3) is 5.82 Å². The molecule has 33 heavy (non-hydrogen) atoms. The summed E-state index contributed by atoms with van der Waals surface area (Å²) < 4.78 is 41.6. The number of piperidine rings is 1. The Morgan fingerprint density at radius 2 is 1.88 bits per heavy atom. The van der Waals surface area contributed by atoms with Gasteiger partial charge in [0, 0.05) is 31.0 Å². The summed E-state index contributed by atoms with van der Waals surface area (Å²) in [5, 5.41) is 17.2. The topological polar surface area (TPSA) is 106 Å². The molecule has 1 aliphatic rings. The number of benzene rings is 1. The Bertz CT molecular complexity index is 1170. The number of hydrogen-bond acceptors (Lipinski definition) is 6. The Labute approximate surface area is 186 Å². The van der Waals surface area contributed by atoms with Crippen LogP contribution in [0.2, 0.25) is 0 Å². The molecule has 2 aromatic heterocycles. The van der Waals surface area contributed by atoms with E-state index in [-0.39, 0.29) is 11.4 Å². The van der Waals surface area contributed by atoms with Crippen molar-refractivity contribution in [2.45, 2.75) is 25.4 Å². The second-order valence-corrected chi connectivity index (χ2v) is 7.48. The van der Waals surface area contributed by atoms with Crippen LogP contribution in [0.5, 0.6) is 0 Å². The zero-order valence-electron chi connectivity index (χ0n) is 17.2. The van der Waals surface area contributed by atoms with Crippen LogP contribution in [-0.2, 0) is 6.18 Å². The first-order valence-electron chi connectivity index (χ1n) is 10.2. The molecule has 1 aliphatic heterocycles. The van der Waals surface area contributed by atoms with Gasteiger partial charge in [0.25, 0.3) is 11.6 Å². The lowest BCUT2D eigenvalue weighted by molar-refractivity contribution is -0.385. The minimum absolute atomic E-state index is 0.113. The minimum Gasteiger partial charge on any atom is -0.372 e. The smallest absolute Gasteiger partial charge is 0.372 e. The van der Waals surface area contributed by atoms with Gasteiger partial charge in [-0.15, -0.1) is 0 Å². The monoisotopic (exact) mass is 460 g/mol. The van der Waals surface area contributed by atoms with Crippen LogP contribution < -0.4 is 10.2 Å². The van der Waals surface area contributed by atoms with Crippen LogP contribution in [0.3, 0.4) is 0 Å². The average Bonchev–Trinajstić information content (AvgIpc) is 3.24. The molecule has 3 aromatic rings. The Balaban J connectivity index is 1.70. The van der Waals surface area contributed by atoms with Crippen LogP contribution in [-0.4, -0.2) is 38.7 Å². The molecule has 172 valence electrons. The molecule has 0 atom stereocenters. The zero-order chi connectivity index (χ0) is 23.6. The standard InChI is InChI=1S/C21H19F3N6O3/c22-21(23,24)19-16(13-29(27-19)18-6-2-3-9-25-18)26-20(31)15-12-14(7-8-17(15)30(32)33)28-10-4-1-5-11-28/h2-3,6-9,12-13H,1,4-5,10-11H2,(H,26,31). The highest BCUT2D eigenvalue weighted by atomic mass is 19.4. The number of aromatic nitrogens is 3. The van der Waals surface area contributed by atoms with Crippen molar-refractivity contribution in [2.75, 3.05) is 23.3 Å². The molecule has 3 heterocycles. The number of anilines is 2. The van der Waals surface area contributed by atoms with Gasteiger partial charge >= 0.3 is 6.18 Å². The van der Waals surface area contributed by atoms with E-state index in [0.717, 1.165) is 43.2 Å². The Morgan fingerprint density at radius 3 is 2.52 bits per heavy atom. The van der Waals surface area contributed by atoms with E-state index in [2.05, 4.69) is 15.4 Å². The van der Waals surface area contributed by atoms with Gasteiger partial charge < -0.3 is 10.2 Å². The van der Waals surface area contributed by atoms with E-state index in [1.807, 2.05) is 4.90 Å². The van der Waals surface area contributed by atoms with Crippen molar-refractivity contribution in [3.8, 4) is 5.82 Å². The van der Waals surface area contributed by atoms with Crippen molar-refractivity contribution in [1.82, 2.24) is 14.8 Å². The van der Waals surface area contributed by atoms with E-state index in [4.69, 9.17) is 0 Å². The van der Waals surface area contributed by atoms with Gasteiger partial charge in [0.1, 0.15) is 5.56 Å². The number of carbonyl (C=O) groups excluding carboxylic acids is 1. The van der Waals surface area contributed by atoms with Crippen LogP contribution in [0.1, 0.15) is 35.3 Å². The summed E-state index contributed by atoms with van der Waals surface area (Å²) in [5.74, 6) is -0.923. The van der Waals surface area contributed by atoms with Crippen LogP contribution in [0.15, 0.2) is 48.8 Å². The van der Waals surface area contributed by atoms with Crippen molar-refractivity contribution in [1.29, 1.82) is 0 Å². The molecule has 1 N–H and O–H groups in total. The highest BCUT2D eigenvalue weighted by molar-refractivity contribution is 6.08. The summed E-state index contributed by atoms with van der Waals surface area (Å²) in [6.07, 6.45) is 0.448. The summed E-state index contributed by atoms with van der Waals surface area (Å²) in [7, 11) is 0. The maximum atomic E-state index is 13.6. The molecule has 0 saturated carbocycles. The number of hydrogen-bond donors (Lipinski definition) is 1. The van der Waals surface area contributed by atoms with Crippen molar-refractivity contribution < 1.29 is 22.9 Å². The van der Waals surface area contributed by atoms with Gasteiger partial charge in [-0.2, -0.15) is 18.3 Å². The third-order valence-corrected chi connectivity index (χ3v) is 5.26. The third-order valence-electron chi connectivity index (χ3n) is 5.26. The van der Waals surface area contributed by atoms with Gasteiger partial charge in [0.15, 0.2) is 11.5 Å². The molecular formula is C21H19F3N6O3. The minimum atomic E-state index is -4.87. The van der Waals surface area contributed by atoms with Gasteiger partial charge in [0.05, 0.1) is 16.8 Å². The lowest BCUT2D eigenvalue weighted by Gasteiger charge is -2.29. The van der Waals surface area contributed by atoms with Crippen molar-refractivity contribution >= 4 is 23.0 Å². The number of nitrogens with one attached hydrogen (secondary N) is 1. The highest BCUT2D eigenvalue weighted by Crippen LogP contribution is 2.35. The molecule has 0 unspecified atom stereocenters. The van der Waals surface area contributed by atoms with Crippen molar-refractivity contribution in [3.05, 3.63) is 70.2 Å². The first-order chi connectivity index (χ1) is 15.7. The van der Waals surface area contributed by atoms with Crippen LogP contribution in [0, 0.1) is 10.1 Å². The second kappa shape index (κ2) is 8.88. The van der Waals surface area contributed by atoms with Crippen molar-refractivity contribution in [3.63, 3.8) is 0 Å². The summed E-state index contributed by atoms with van der Waals surface area (Å²) in [4.78, 5) is 29.6. The number of nitro groups is 1. The maximum absolute atomic E-state index is 13.6. The van der Waals surface area contributed by atoms with Gasteiger partial charge in [-0.05, 0) is 43.5 Å². The molecule has 1 aromatic carbocycles. The molecule has 1 amide bonds. The van der Waals surface area contributed by atoms with Gasteiger partial charge in [-0.25, -0.2) is 9.67 Å². The normalized spacial score (nSPS) is 14.2. The molecule has 12 heteroatoms. The van der Waals surface area contributed by atoms with E-state index in [0.29, 0.717) is 5.69 Å². The fraction of sp³-hybridized carbons (Fsp3) is 0.286. The fourth-order valence-electron chi connectivity index (χ4n) is 3.68. The molecule has 9 nitrogen and oxygen atoms in total. The van der Waals surface area contributed by atoms with Crippen LogP contribution >= 0.6 is 0 Å². The average molecular weight is 460 g/mol. The fourth-order valence-corrected chi connectivity index (χ4v) is 3.68. The van der Waals surface area contributed by atoms with Crippen molar-refractivity contribution in [2.24, 2.45) is 0 Å². The summed E-state index contributed by atoms with van der Waals surface area (Å²) >= 11 is 0. The molecule has 0 spiro atoms. The maximum Gasteiger partial charge on any atom is 0.437 e. The number of carbonyl (C=O) groups is 1. The summed E-state index contributed by atoms with van der Waals surface area (Å²) in [6, 6.07) is 8.70. The SMILES string of the molecule is O=C(Nc1cn(-c2ccccn2)nc1C(F)(F)F)c1cc(N2CCCCC2)ccc1[N+](=O)[O-]. The van der Waals surface area contributed by atoms with Gasteiger partial charge in [-0.1, -0.05) is 6.07 Å². The summed E-state index contributed by atoms with van der Waals surface area (Å²) in [6.45, 7) is 1.46. The highest BCUT2D eigenvalue weighted by Gasteiger charge is 2.38. The molecular weight excluding hydrogens is 441 g/mol. The number of halogens is 3. The molecule has 1 saturated heterocycles. The Hall–Kier alpha value is -3.96. The number of amides is 1. The largest absolute Gasteiger partial charge is 0.437 e. The molecule has 0 aliphatic carbocycles. The van der Waals surface area contributed by atoms with Gasteiger partial charge in [0.2, 0.25) is 0 Å². The van der Waals surface area contributed by atoms with E-state index in [1.165, 1.54) is 24.4 Å². The van der Waals surface area contributed by atoms with Gasteiger partial charge in [-0.3, -0.25) is 14.9 Å². The predicted octanol–water partition coefficient (Wildman–Crippen LogP) is 4.44. The quantitative estimate of drug-likeness (QED) is 0.446. The van der Waals surface area contributed by atoms with E-state index in [1.54, 1.807) is 18.2 Å². The number of nitro benzene ring substituents is 1. The third kappa shape index (κ3) is 4.78. The first-order valence-corrected chi connectivity index (χ1v) is 10.2. The molecule has 0 radical (unpaired) electrons. The Morgan fingerprint density at radius 1 is 1.12 bits per heavy atom. The number of pyridine rings is 1. The molecule has 4 rings (SSSR count). The van der Waals surface area contributed by atoms with Crippen LogP contribution in [0.4, 0.5) is 30.2 Å². The summed E-state index contributed by atoms with van der Waals surface area (Å²) in [5.41, 5.74) is -2.20.